The summed E-state index contributed by atoms with van der Waals surface area (Å²) in [7, 11) is -3.46. The molecule has 0 spiro atoms. The van der Waals surface area contributed by atoms with Gasteiger partial charge in [-0.1, -0.05) is 32.0 Å². The maximum absolute atomic E-state index is 12.3. The first-order chi connectivity index (χ1) is 8.90. The van der Waals surface area contributed by atoms with Crippen LogP contribution in [0.3, 0.4) is 0 Å². The second-order valence-corrected chi connectivity index (χ2v) is 6.74. The van der Waals surface area contributed by atoms with Crippen molar-refractivity contribution in [3.63, 3.8) is 0 Å². The average molecular weight is 284 g/mol. The molecule has 5 heteroatoms. The molecule has 0 aliphatic heterocycles. The normalized spacial score (nSPS) is 12.6. The van der Waals surface area contributed by atoms with Gasteiger partial charge in [-0.05, 0) is 43.4 Å². The molecule has 0 unspecified atom stereocenters. The Morgan fingerprint density at radius 1 is 1.21 bits per heavy atom. The second-order valence-electron chi connectivity index (χ2n) is 5.00. The van der Waals surface area contributed by atoms with Gasteiger partial charge in [0.05, 0.1) is 4.90 Å². The Bertz CT molecular complexity index is 500. The van der Waals surface area contributed by atoms with Gasteiger partial charge >= 0.3 is 0 Å². The van der Waals surface area contributed by atoms with Crippen LogP contribution in [0, 0.1) is 12.3 Å². The number of nitrogens with one attached hydrogen (secondary N) is 1. The summed E-state index contributed by atoms with van der Waals surface area (Å²) in [5, 5.41) is 0. The van der Waals surface area contributed by atoms with Gasteiger partial charge in [-0.15, -0.1) is 0 Å². The van der Waals surface area contributed by atoms with Gasteiger partial charge in [0, 0.05) is 6.54 Å². The van der Waals surface area contributed by atoms with Crippen molar-refractivity contribution in [3.05, 3.63) is 29.8 Å². The smallest absolute Gasteiger partial charge is 0.240 e. The third kappa shape index (κ3) is 3.78. The van der Waals surface area contributed by atoms with E-state index in [2.05, 4.69) is 4.72 Å². The van der Waals surface area contributed by atoms with Crippen LogP contribution in [0.4, 0.5) is 0 Å². The van der Waals surface area contributed by atoms with Crippen molar-refractivity contribution in [2.75, 3.05) is 13.1 Å². The summed E-state index contributed by atoms with van der Waals surface area (Å²) in [5.74, 6) is 0. The average Bonchev–Trinajstić information content (AvgIpc) is 2.41. The summed E-state index contributed by atoms with van der Waals surface area (Å²) in [4.78, 5) is 0.341. The van der Waals surface area contributed by atoms with Crippen molar-refractivity contribution in [2.45, 2.75) is 38.5 Å². The molecular weight excluding hydrogens is 260 g/mol. The van der Waals surface area contributed by atoms with E-state index in [4.69, 9.17) is 5.73 Å². The highest BCUT2D eigenvalue weighted by Crippen LogP contribution is 2.24. The van der Waals surface area contributed by atoms with E-state index in [0.717, 1.165) is 18.4 Å². The van der Waals surface area contributed by atoms with E-state index in [1.165, 1.54) is 0 Å². The lowest BCUT2D eigenvalue weighted by atomic mass is 9.83. The van der Waals surface area contributed by atoms with E-state index in [-0.39, 0.29) is 5.41 Å². The molecule has 3 N–H and O–H groups in total. The molecule has 0 saturated heterocycles. The Hall–Kier alpha value is -0.910. The molecule has 0 aromatic heterocycles. The third-order valence-corrected chi connectivity index (χ3v) is 5.51. The number of benzene rings is 1. The lowest BCUT2D eigenvalue weighted by Gasteiger charge is -2.30. The Morgan fingerprint density at radius 3 is 2.26 bits per heavy atom. The zero-order chi connectivity index (χ0) is 14.5. The SMILES string of the molecule is CCC(CC)(CN)CNS(=O)(=O)c1ccccc1C. The summed E-state index contributed by atoms with van der Waals surface area (Å²) in [5.41, 5.74) is 6.39. The molecule has 19 heavy (non-hydrogen) atoms. The molecule has 0 radical (unpaired) electrons. The first-order valence-corrected chi connectivity index (χ1v) is 8.14. The fraction of sp³-hybridized carbons (Fsp3) is 0.571. The highest BCUT2D eigenvalue weighted by atomic mass is 32.2. The molecule has 1 rings (SSSR count). The van der Waals surface area contributed by atoms with Crippen LogP contribution < -0.4 is 10.5 Å². The molecule has 0 amide bonds. The zero-order valence-electron chi connectivity index (χ0n) is 11.9. The highest BCUT2D eigenvalue weighted by molar-refractivity contribution is 7.89. The van der Waals surface area contributed by atoms with E-state index in [1.54, 1.807) is 25.1 Å². The lowest BCUT2D eigenvalue weighted by Crippen LogP contribution is -2.41. The number of hydrogen-bond donors (Lipinski definition) is 2. The van der Waals surface area contributed by atoms with Gasteiger partial charge in [0.25, 0.3) is 0 Å². The molecular formula is C14H24N2O2S. The number of aryl methyl sites for hydroxylation is 1. The summed E-state index contributed by atoms with van der Waals surface area (Å²) in [6, 6.07) is 6.98. The van der Waals surface area contributed by atoms with Crippen LogP contribution in [0.5, 0.6) is 0 Å². The molecule has 0 atom stereocenters. The van der Waals surface area contributed by atoms with Gasteiger partial charge in [-0.25, -0.2) is 13.1 Å². The Morgan fingerprint density at radius 2 is 1.79 bits per heavy atom. The van der Waals surface area contributed by atoms with Gasteiger partial charge in [0.2, 0.25) is 10.0 Å². The summed E-state index contributed by atoms with van der Waals surface area (Å²) < 4.78 is 27.3. The van der Waals surface area contributed by atoms with Gasteiger partial charge in [-0.3, -0.25) is 0 Å². The molecule has 108 valence electrons. The standard InChI is InChI=1S/C14H24N2O2S/c1-4-14(5-2,10-15)11-16-19(17,18)13-9-7-6-8-12(13)3/h6-9,16H,4-5,10-11,15H2,1-3H3. The van der Waals surface area contributed by atoms with Crippen LogP contribution in [0.15, 0.2) is 29.2 Å². The van der Waals surface area contributed by atoms with Crippen molar-refractivity contribution >= 4 is 10.0 Å². The molecule has 0 aliphatic rings. The topological polar surface area (TPSA) is 72.2 Å². The fourth-order valence-corrected chi connectivity index (χ4v) is 3.45. The third-order valence-electron chi connectivity index (χ3n) is 3.95. The van der Waals surface area contributed by atoms with Crippen molar-refractivity contribution in [1.82, 2.24) is 4.72 Å². The predicted molar refractivity (Wildman–Crippen MR) is 78.4 cm³/mol. The molecule has 0 aliphatic carbocycles. The Labute approximate surface area is 116 Å². The Balaban J connectivity index is 2.90. The summed E-state index contributed by atoms with van der Waals surface area (Å²) in [6.45, 7) is 6.74. The zero-order valence-corrected chi connectivity index (χ0v) is 12.8. The number of rotatable bonds is 7. The van der Waals surface area contributed by atoms with Gasteiger partial charge in [-0.2, -0.15) is 0 Å². The molecule has 0 heterocycles. The van der Waals surface area contributed by atoms with Crippen molar-refractivity contribution in [1.29, 1.82) is 0 Å². The van der Waals surface area contributed by atoms with E-state index in [0.29, 0.717) is 18.0 Å². The minimum Gasteiger partial charge on any atom is -0.330 e. The maximum atomic E-state index is 12.3. The van der Waals surface area contributed by atoms with E-state index in [9.17, 15) is 8.42 Å². The van der Waals surface area contributed by atoms with E-state index in [1.807, 2.05) is 19.9 Å². The Kier molecular flexibility index (Phi) is 5.52. The van der Waals surface area contributed by atoms with Crippen molar-refractivity contribution in [2.24, 2.45) is 11.1 Å². The van der Waals surface area contributed by atoms with Crippen molar-refractivity contribution < 1.29 is 8.42 Å². The minimum absolute atomic E-state index is 0.157. The van der Waals surface area contributed by atoms with E-state index >= 15 is 0 Å². The lowest BCUT2D eigenvalue weighted by molar-refractivity contribution is 0.275. The molecule has 1 aromatic rings. The van der Waals surface area contributed by atoms with Crippen LogP contribution in [-0.2, 0) is 10.0 Å². The molecule has 4 nitrogen and oxygen atoms in total. The molecule has 0 fully saturated rings. The molecule has 1 aromatic carbocycles. The van der Waals surface area contributed by atoms with Gasteiger partial charge in [0.15, 0.2) is 0 Å². The van der Waals surface area contributed by atoms with Gasteiger partial charge in [0.1, 0.15) is 0 Å². The minimum atomic E-state index is -3.46. The maximum Gasteiger partial charge on any atom is 0.240 e. The second kappa shape index (κ2) is 6.50. The highest BCUT2D eigenvalue weighted by Gasteiger charge is 2.27. The molecule has 0 bridgehead atoms. The van der Waals surface area contributed by atoms with Crippen molar-refractivity contribution in [3.8, 4) is 0 Å². The van der Waals surface area contributed by atoms with Crippen LogP contribution >= 0.6 is 0 Å². The van der Waals surface area contributed by atoms with Crippen LogP contribution in [0.2, 0.25) is 0 Å². The first-order valence-electron chi connectivity index (χ1n) is 6.66. The first kappa shape index (κ1) is 16.1. The van der Waals surface area contributed by atoms with Crippen LogP contribution in [-0.4, -0.2) is 21.5 Å². The monoisotopic (exact) mass is 284 g/mol. The number of nitrogens with two attached hydrogens (primary N) is 1. The fourth-order valence-electron chi connectivity index (χ4n) is 2.04. The quantitative estimate of drug-likeness (QED) is 0.805. The van der Waals surface area contributed by atoms with Crippen LogP contribution in [0.1, 0.15) is 32.3 Å². The summed E-state index contributed by atoms with van der Waals surface area (Å²) >= 11 is 0. The number of hydrogen-bond acceptors (Lipinski definition) is 3. The molecule has 0 saturated carbocycles. The largest absolute Gasteiger partial charge is 0.330 e. The number of sulfonamides is 1. The summed E-state index contributed by atoms with van der Waals surface area (Å²) in [6.07, 6.45) is 1.71. The van der Waals surface area contributed by atoms with Crippen LogP contribution in [0.25, 0.3) is 0 Å². The van der Waals surface area contributed by atoms with E-state index < -0.39 is 10.0 Å². The predicted octanol–water partition coefficient (Wildman–Crippen LogP) is 2.04. The van der Waals surface area contributed by atoms with Gasteiger partial charge < -0.3 is 5.73 Å².